The van der Waals surface area contributed by atoms with E-state index in [0.29, 0.717) is 12.8 Å². The van der Waals surface area contributed by atoms with Gasteiger partial charge in [-0.15, -0.1) is 0 Å². The van der Waals surface area contributed by atoms with Gasteiger partial charge in [0.2, 0.25) is 0 Å². The largest absolute Gasteiger partial charge is 0.349 e. The monoisotopic (exact) mass is 208 g/mol. The maximum atomic E-state index is 11.2. The Labute approximate surface area is 90.1 Å². The molecule has 3 nitrogen and oxygen atoms in total. The second-order valence-corrected chi connectivity index (χ2v) is 3.28. The summed E-state index contributed by atoms with van der Waals surface area (Å²) in [4.78, 5) is 11.2. The Morgan fingerprint density at radius 1 is 1.20 bits per heavy atom. The molecule has 0 saturated carbocycles. The van der Waals surface area contributed by atoms with Crippen molar-refractivity contribution in [1.82, 2.24) is 0 Å². The van der Waals surface area contributed by atoms with Gasteiger partial charge in [0.25, 0.3) is 0 Å². The summed E-state index contributed by atoms with van der Waals surface area (Å²) in [6.45, 7) is 0. The van der Waals surface area contributed by atoms with Gasteiger partial charge in [-0.2, -0.15) is 0 Å². The molecule has 0 aliphatic heterocycles. The Kier molecular flexibility index (Phi) is 4.46. The highest BCUT2D eigenvalue weighted by Crippen LogP contribution is 2.19. The molecule has 0 aromatic rings. The molecule has 0 bridgehead atoms. The second-order valence-electron chi connectivity index (χ2n) is 3.28. The lowest BCUT2D eigenvalue weighted by Crippen LogP contribution is -2.30. The van der Waals surface area contributed by atoms with Crippen molar-refractivity contribution in [3.8, 4) is 0 Å². The SMILES string of the molecule is COC1(OC)C=CC=CC(=O)C/C=C\C1. The summed E-state index contributed by atoms with van der Waals surface area (Å²) in [5, 5.41) is 0. The molecule has 0 aromatic carbocycles. The number of carbonyl (C=O) groups excluding carboxylic acids is 1. The van der Waals surface area contributed by atoms with Crippen LogP contribution >= 0.6 is 0 Å². The van der Waals surface area contributed by atoms with Gasteiger partial charge in [-0.25, -0.2) is 0 Å². The first kappa shape index (κ1) is 11.9. The van der Waals surface area contributed by atoms with Gasteiger partial charge in [0.15, 0.2) is 11.6 Å². The van der Waals surface area contributed by atoms with Gasteiger partial charge in [0, 0.05) is 27.1 Å². The van der Waals surface area contributed by atoms with Gasteiger partial charge in [-0.05, 0) is 12.2 Å². The molecule has 15 heavy (non-hydrogen) atoms. The van der Waals surface area contributed by atoms with E-state index >= 15 is 0 Å². The van der Waals surface area contributed by atoms with E-state index in [0.717, 1.165) is 0 Å². The van der Waals surface area contributed by atoms with Crippen molar-refractivity contribution in [1.29, 1.82) is 0 Å². The number of ketones is 1. The smallest absolute Gasteiger partial charge is 0.190 e. The molecule has 0 saturated heterocycles. The minimum Gasteiger partial charge on any atom is -0.349 e. The van der Waals surface area contributed by atoms with E-state index < -0.39 is 5.79 Å². The molecule has 0 radical (unpaired) electrons. The number of rotatable bonds is 2. The third kappa shape index (κ3) is 3.46. The van der Waals surface area contributed by atoms with Crippen molar-refractivity contribution in [3.05, 3.63) is 36.5 Å². The fourth-order valence-electron chi connectivity index (χ4n) is 1.33. The maximum Gasteiger partial charge on any atom is 0.190 e. The lowest BCUT2D eigenvalue weighted by atomic mass is 10.1. The Hall–Kier alpha value is -1.19. The van der Waals surface area contributed by atoms with E-state index in [1.54, 1.807) is 38.5 Å². The molecule has 3 heteroatoms. The van der Waals surface area contributed by atoms with Crippen LogP contribution in [0.4, 0.5) is 0 Å². The summed E-state index contributed by atoms with van der Waals surface area (Å²) in [5.41, 5.74) is 0. The summed E-state index contributed by atoms with van der Waals surface area (Å²) in [6, 6.07) is 0. The zero-order valence-electron chi connectivity index (χ0n) is 9.10. The van der Waals surface area contributed by atoms with Crippen molar-refractivity contribution in [2.75, 3.05) is 14.2 Å². The molecule has 0 unspecified atom stereocenters. The maximum absolute atomic E-state index is 11.2. The number of hydrogen-bond donors (Lipinski definition) is 0. The highest BCUT2D eigenvalue weighted by atomic mass is 16.7. The van der Waals surface area contributed by atoms with Crippen LogP contribution in [0.1, 0.15) is 12.8 Å². The van der Waals surface area contributed by atoms with Crippen LogP contribution in [0, 0.1) is 0 Å². The number of ether oxygens (including phenoxy) is 2. The van der Waals surface area contributed by atoms with Crippen LogP contribution in [-0.4, -0.2) is 25.8 Å². The van der Waals surface area contributed by atoms with Gasteiger partial charge in [-0.3, -0.25) is 4.79 Å². The van der Waals surface area contributed by atoms with Crippen LogP contribution in [0.25, 0.3) is 0 Å². The first-order valence-electron chi connectivity index (χ1n) is 4.86. The highest BCUT2D eigenvalue weighted by molar-refractivity contribution is 5.90. The summed E-state index contributed by atoms with van der Waals surface area (Å²) >= 11 is 0. The molecule has 0 amide bonds. The van der Waals surface area contributed by atoms with Gasteiger partial charge in [0.05, 0.1) is 0 Å². The molecular formula is C12H16O3. The summed E-state index contributed by atoms with van der Waals surface area (Å²) in [7, 11) is 3.20. The second kappa shape index (κ2) is 5.63. The molecule has 1 aliphatic carbocycles. The van der Waals surface area contributed by atoms with Crippen molar-refractivity contribution < 1.29 is 14.3 Å². The summed E-state index contributed by atoms with van der Waals surface area (Å²) in [5.74, 6) is -0.625. The molecule has 1 rings (SSSR count). The first-order valence-corrected chi connectivity index (χ1v) is 4.86. The third-order valence-electron chi connectivity index (χ3n) is 2.32. The predicted molar refractivity (Wildman–Crippen MR) is 58.4 cm³/mol. The normalized spacial score (nSPS) is 22.7. The van der Waals surface area contributed by atoms with E-state index in [-0.39, 0.29) is 5.78 Å². The van der Waals surface area contributed by atoms with E-state index in [1.807, 2.05) is 12.2 Å². The molecule has 0 atom stereocenters. The van der Waals surface area contributed by atoms with E-state index in [2.05, 4.69) is 0 Å². The van der Waals surface area contributed by atoms with E-state index in [9.17, 15) is 4.79 Å². The quantitative estimate of drug-likeness (QED) is 0.514. The minimum absolute atomic E-state index is 0.0956. The van der Waals surface area contributed by atoms with Crippen LogP contribution in [0.15, 0.2) is 36.5 Å². The van der Waals surface area contributed by atoms with Crippen LogP contribution in [0.3, 0.4) is 0 Å². The molecule has 0 fully saturated rings. The summed E-state index contributed by atoms with van der Waals surface area (Å²) in [6.07, 6.45) is 11.6. The fourth-order valence-corrected chi connectivity index (χ4v) is 1.33. The van der Waals surface area contributed by atoms with Crippen LogP contribution in [0.5, 0.6) is 0 Å². The van der Waals surface area contributed by atoms with Crippen LogP contribution < -0.4 is 0 Å². The fraction of sp³-hybridized carbons (Fsp3) is 0.417. The van der Waals surface area contributed by atoms with Crippen LogP contribution in [0.2, 0.25) is 0 Å². The first-order chi connectivity index (χ1) is 7.22. The zero-order chi connectivity index (χ0) is 11.1. The average molecular weight is 208 g/mol. The number of methoxy groups -OCH3 is 2. The molecule has 0 spiro atoms. The number of hydrogen-bond acceptors (Lipinski definition) is 3. The predicted octanol–water partition coefficient (Wildman–Crippen LogP) is 2.01. The molecule has 1 aliphatic rings. The minimum atomic E-state index is -0.721. The van der Waals surface area contributed by atoms with Gasteiger partial charge in [-0.1, -0.05) is 24.3 Å². The Bertz CT molecular complexity index is 296. The lowest BCUT2D eigenvalue weighted by molar-refractivity contribution is -0.167. The molecule has 0 heterocycles. The topological polar surface area (TPSA) is 35.5 Å². The summed E-state index contributed by atoms with van der Waals surface area (Å²) < 4.78 is 10.6. The molecule has 0 N–H and O–H groups in total. The van der Waals surface area contributed by atoms with Crippen molar-refractivity contribution >= 4 is 5.78 Å². The van der Waals surface area contributed by atoms with Gasteiger partial charge < -0.3 is 9.47 Å². The van der Waals surface area contributed by atoms with E-state index in [4.69, 9.17) is 9.47 Å². The average Bonchev–Trinajstić information content (AvgIpc) is 2.28. The number of allylic oxidation sites excluding steroid dienone is 4. The standard InChI is InChI=1S/C12H16O3/c1-14-12(15-2)9-5-3-7-11(13)8-4-6-10-12/h3-7,9H,8,10H2,1-2H3/b6-4-,7-3?,9-5?. The van der Waals surface area contributed by atoms with Crippen molar-refractivity contribution in [3.63, 3.8) is 0 Å². The molecular weight excluding hydrogens is 192 g/mol. The molecule has 82 valence electrons. The zero-order valence-corrected chi connectivity index (χ0v) is 9.10. The van der Waals surface area contributed by atoms with Crippen LogP contribution in [-0.2, 0) is 14.3 Å². The Balaban J connectivity index is 2.87. The lowest BCUT2D eigenvalue weighted by Gasteiger charge is -2.26. The Morgan fingerprint density at radius 2 is 1.93 bits per heavy atom. The Morgan fingerprint density at radius 3 is 2.60 bits per heavy atom. The number of carbonyl (C=O) groups is 1. The highest BCUT2D eigenvalue weighted by Gasteiger charge is 2.24. The van der Waals surface area contributed by atoms with E-state index in [1.165, 1.54) is 0 Å². The van der Waals surface area contributed by atoms with Gasteiger partial charge >= 0.3 is 0 Å². The van der Waals surface area contributed by atoms with Crippen molar-refractivity contribution in [2.45, 2.75) is 18.6 Å². The van der Waals surface area contributed by atoms with Crippen molar-refractivity contribution in [2.24, 2.45) is 0 Å². The third-order valence-corrected chi connectivity index (χ3v) is 2.32. The van der Waals surface area contributed by atoms with Gasteiger partial charge in [0.1, 0.15) is 0 Å². The molecule has 0 aromatic heterocycles.